The maximum Gasteiger partial charge on any atom is 0.171 e. The third-order valence-corrected chi connectivity index (χ3v) is 3.17. The summed E-state index contributed by atoms with van der Waals surface area (Å²) in [5.74, 6) is -0.771. The first-order valence-electron chi connectivity index (χ1n) is 5.46. The number of hydrogen-bond acceptors (Lipinski definition) is 2. The van der Waals surface area contributed by atoms with E-state index in [1.807, 2.05) is 19.1 Å². The number of carbonyl (C=O) groups is 1. The molecule has 1 aromatic carbocycles. The van der Waals surface area contributed by atoms with Crippen molar-refractivity contribution in [3.8, 4) is 0 Å². The van der Waals surface area contributed by atoms with Gasteiger partial charge in [-0.25, -0.2) is 4.39 Å². The van der Waals surface area contributed by atoms with E-state index < -0.39 is 5.82 Å². The molecule has 0 atom stereocenters. The minimum Gasteiger partial charge on any atom is -0.294 e. The molecule has 0 unspecified atom stereocenters. The van der Waals surface area contributed by atoms with Gasteiger partial charge in [0.05, 0.1) is 17.7 Å². The Hall–Kier alpha value is -1.55. The minimum absolute atomic E-state index is 0.0921. The molecule has 0 N–H and O–H groups in total. The summed E-state index contributed by atoms with van der Waals surface area (Å²) in [4.78, 5) is 16.2. The number of ketones is 1. The quantitative estimate of drug-likeness (QED) is 0.809. The predicted octanol–water partition coefficient (Wildman–Crippen LogP) is 3.72. The number of carbonyl (C=O) groups excluding carboxylic acids is 1. The van der Waals surface area contributed by atoms with Gasteiger partial charge in [0.2, 0.25) is 0 Å². The van der Waals surface area contributed by atoms with Crippen molar-refractivity contribution in [1.29, 1.82) is 0 Å². The fraction of sp³-hybridized carbons (Fsp3) is 0.143. The van der Waals surface area contributed by atoms with E-state index in [1.165, 1.54) is 12.1 Å². The Kier molecular flexibility index (Phi) is 3.87. The van der Waals surface area contributed by atoms with Gasteiger partial charge in [-0.1, -0.05) is 22.0 Å². The van der Waals surface area contributed by atoms with Gasteiger partial charge >= 0.3 is 0 Å². The zero-order valence-corrected chi connectivity index (χ0v) is 11.4. The van der Waals surface area contributed by atoms with Crippen LogP contribution in [-0.2, 0) is 6.42 Å². The maximum atomic E-state index is 13.6. The third-order valence-electron chi connectivity index (χ3n) is 2.67. The number of Topliss-reactive ketones (excluding diaryl/α,β-unsaturated/α-hetero) is 1. The SMILES string of the molecule is Cc1cccnc1CC(=O)c1cc(Br)ccc1F. The van der Waals surface area contributed by atoms with Crippen LogP contribution >= 0.6 is 15.9 Å². The predicted molar refractivity (Wildman–Crippen MR) is 71.1 cm³/mol. The zero-order chi connectivity index (χ0) is 13.1. The average molecular weight is 308 g/mol. The van der Waals surface area contributed by atoms with Gasteiger partial charge in [-0.05, 0) is 36.8 Å². The van der Waals surface area contributed by atoms with Crippen LogP contribution in [0.15, 0.2) is 41.0 Å². The lowest BCUT2D eigenvalue weighted by atomic mass is 10.0. The molecule has 92 valence electrons. The van der Waals surface area contributed by atoms with E-state index in [2.05, 4.69) is 20.9 Å². The highest BCUT2D eigenvalue weighted by atomic mass is 79.9. The monoisotopic (exact) mass is 307 g/mol. The number of hydrogen-bond donors (Lipinski definition) is 0. The average Bonchev–Trinajstić information content (AvgIpc) is 2.35. The van der Waals surface area contributed by atoms with Crippen molar-refractivity contribution < 1.29 is 9.18 Å². The Morgan fingerprint density at radius 3 is 2.89 bits per heavy atom. The van der Waals surface area contributed by atoms with E-state index in [0.29, 0.717) is 10.2 Å². The van der Waals surface area contributed by atoms with E-state index in [4.69, 9.17) is 0 Å². The fourth-order valence-electron chi connectivity index (χ4n) is 1.66. The molecule has 0 spiro atoms. The van der Waals surface area contributed by atoms with Crippen molar-refractivity contribution in [1.82, 2.24) is 4.98 Å². The van der Waals surface area contributed by atoms with Gasteiger partial charge in [0, 0.05) is 10.7 Å². The molecule has 18 heavy (non-hydrogen) atoms. The van der Waals surface area contributed by atoms with Gasteiger partial charge in [-0.15, -0.1) is 0 Å². The summed E-state index contributed by atoms with van der Waals surface area (Å²) in [5, 5.41) is 0. The molecule has 4 heteroatoms. The van der Waals surface area contributed by atoms with Crippen LogP contribution in [0.2, 0.25) is 0 Å². The van der Waals surface area contributed by atoms with Crippen molar-refractivity contribution in [3.63, 3.8) is 0 Å². The number of benzene rings is 1. The minimum atomic E-state index is -0.503. The van der Waals surface area contributed by atoms with Crippen molar-refractivity contribution in [3.05, 3.63) is 63.6 Å². The smallest absolute Gasteiger partial charge is 0.171 e. The van der Waals surface area contributed by atoms with Gasteiger partial charge in [0.15, 0.2) is 5.78 Å². The molecule has 1 heterocycles. The molecule has 0 bridgehead atoms. The standard InChI is InChI=1S/C14H11BrFNO/c1-9-3-2-6-17-13(9)8-14(18)11-7-10(15)4-5-12(11)16/h2-7H,8H2,1H3. The van der Waals surface area contributed by atoms with E-state index in [1.54, 1.807) is 12.3 Å². The zero-order valence-electron chi connectivity index (χ0n) is 9.78. The molecule has 0 aliphatic carbocycles. The van der Waals surface area contributed by atoms with Gasteiger partial charge in [0.1, 0.15) is 5.82 Å². The summed E-state index contributed by atoms with van der Waals surface area (Å²) in [7, 11) is 0. The second-order valence-electron chi connectivity index (χ2n) is 3.99. The molecule has 0 fully saturated rings. The summed E-state index contributed by atoms with van der Waals surface area (Å²) in [6.07, 6.45) is 1.74. The van der Waals surface area contributed by atoms with Crippen LogP contribution in [0.25, 0.3) is 0 Å². The Labute approximate surface area is 113 Å². The second kappa shape index (κ2) is 5.40. The van der Waals surface area contributed by atoms with Crippen molar-refractivity contribution in [2.45, 2.75) is 13.3 Å². The van der Waals surface area contributed by atoms with E-state index >= 15 is 0 Å². The van der Waals surface area contributed by atoms with Gasteiger partial charge in [-0.2, -0.15) is 0 Å². The molecule has 2 rings (SSSR count). The summed E-state index contributed by atoms with van der Waals surface area (Å²) >= 11 is 3.23. The lowest BCUT2D eigenvalue weighted by molar-refractivity contribution is 0.0988. The number of nitrogens with zero attached hydrogens (tertiary/aromatic N) is 1. The summed E-state index contributed by atoms with van der Waals surface area (Å²) in [5.41, 5.74) is 1.71. The molecule has 0 aliphatic heterocycles. The molecule has 0 saturated heterocycles. The van der Waals surface area contributed by atoms with Gasteiger partial charge < -0.3 is 0 Å². The highest BCUT2D eigenvalue weighted by Crippen LogP contribution is 2.18. The molecule has 1 aromatic heterocycles. The Morgan fingerprint density at radius 1 is 1.39 bits per heavy atom. The Bertz CT molecular complexity index is 598. The van der Waals surface area contributed by atoms with Crippen molar-refractivity contribution in [2.75, 3.05) is 0 Å². The van der Waals surface area contributed by atoms with Crippen LogP contribution in [0.1, 0.15) is 21.6 Å². The van der Waals surface area contributed by atoms with Crippen LogP contribution in [0.4, 0.5) is 4.39 Å². The van der Waals surface area contributed by atoms with E-state index in [9.17, 15) is 9.18 Å². The lowest BCUT2D eigenvalue weighted by Crippen LogP contribution is -2.08. The van der Waals surface area contributed by atoms with Crippen LogP contribution < -0.4 is 0 Å². The molecular weight excluding hydrogens is 297 g/mol. The first-order chi connectivity index (χ1) is 8.58. The number of pyridine rings is 1. The second-order valence-corrected chi connectivity index (χ2v) is 4.91. The molecular formula is C14H11BrFNO. The highest BCUT2D eigenvalue weighted by Gasteiger charge is 2.14. The highest BCUT2D eigenvalue weighted by molar-refractivity contribution is 9.10. The van der Waals surface area contributed by atoms with Crippen LogP contribution in [-0.4, -0.2) is 10.8 Å². The number of halogens is 2. The first-order valence-corrected chi connectivity index (χ1v) is 6.26. The maximum absolute atomic E-state index is 13.6. The van der Waals surface area contributed by atoms with Crippen LogP contribution in [0.3, 0.4) is 0 Å². The fourth-order valence-corrected chi connectivity index (χ4v) is 2.02. The molecule has 2 nitrogen and oxygen atoms in total. The molecule has 0 radical (unpaired) electrons. The number of aryl methyl sites for hydroxylation is 1. The topological polar surface area (TPSA) is 30.0 Å². The van der Waals surface area contributed by atoms with Crippen molar-refractivity contribution in [2.24, 2.45) is 0 Å². The normalized spacial score (nSPS) is 10.4. The Balaban J connectivity index is 2.28. The third kappa shape index (κ3) is 2.82. The first kappa shape index (κ1) is 12.9. The molecule has 0 amide bonds. The largest absolute Gasteiger partial charge is 0.294 e. The molecule has 0 aliphatic rings. The molecule has 0 saturated carbocycles. The number of rotatable bonds is 3. The van der Waals surface area contributed by atoms with E-state index in [0.717, 1.165) is 5.56 Å². The van der Waals surface area contributed by atoms with Crippen LogP contribution in [0.5, 0.6) is 0 Å². The Morgan fingerprint density at radius 2 is 2.17 bits per heavy atom. The lowest BCUT2D eigenvalue weighted by Gasteiger charge is -2.05. The summed E-state index contributed by atoms with van der Waals surface area (Å²) in [6, 6.07) is 8.03. The van der Waals surface area contributed by atoms with Crippen molar-refractivity contribution >= 4 is 21.7 Å². The van der Waals surface area contributed by atoms with Gasteiger partial charge in [-0.3, -0.25) is 9.78 Å². The summed E-state index contributed by atoms with van der Waals surface area (Å²) < 4.78 is 14.2. The van der Waals surface area contributed by atoms with Crippen LogP contribution in [0, 0.1) is 12.7 Å². The summed E-state index contributed by atoms with van der Waals surface area (Å²) in [6.45, 7) is 1.88. The van der Waals surface area contributed by atoms with E-state index in [-0.39, 0.29) is 17.8 Å². The molecule has 2 aromatic rings. The van der Waals surface area contributed by atoms with Gasteiger partial charge in [0.25, 0.3) is 0 Å². The number of aromatic nitrogens is 1.